The molecule has 0 fully saturated rings. The molecule has 0 saturated carbocycles. The Kier molecular flexibility index (Phi) is 9.00. The molecule has 0 radical (unpaired) electrons. The molecule has 9 nitrogen and oxygen atoms in total. The fourth-order valence-electron chi connectivity index (χ4n) is 3.83. The molecule has 0 spiro atoms. The molecule has 2 aromatic carbocycles. The maximum atomic E-state index is 13.4. The molecule has 3 N–H and O–H groups in total. The Hall–Kier alpha value is -4.44. The van der Waals surface area contributed by atoms with Crippen molar-refractivity contribution in [1.29, 1.82) is 0 Å². The van der Waals surface area contributed by atoms with Gasteiger partial charge in [0.25, 0.3) is 11.1 Å². The van der Waals surface area contributed by atoms with E-state index < -0.39 is 6.04 Å². The number of carbonyl (C=O) groups is 2. The van der Waals surface area contributed by atoms with Crippen molar-refractivity contribution in [3.8, 4) is 22.9 Å². The van der Waals surface area contributed by atoms with Gasteiger partial charge in [0.2, 0.25) is 11.8 Å². The number of anilines is 2. The minimum atomic E-state index is -0.855. The fraction of sp³-hybridized carbons (Fsp3) is 0.233. The van der Waals surface area contributed by atoms with Crippen molar-refractivity contribution in [2.75, 3.05) is 17.7 Å². The van der Waals surface area contributed by atoms with E-state index in [9.17, 15) is 9.59 Å². The minimum absolute atomic E-state index is 0.270. The lowest BCUT2D eigenvalue weighted by molar-refractivity contribution is -0.118. The third-order valence-corrected chi connectivity index (χ3v) is 6.55. The average molecular weight is 557 g/mol. The first-order chi connectivity index (χ1) is 19.1. The van der Waals surface area contributed by atoms with Crippen molar-refractivity contribution >= 4 is 34.5 Å². The van der Waals surface area contributed by atoms with E-state index in [0.29, 0.717) is 40.1 Å². The van der Waals surface area contributed by atoms with Gasteiger partial charge in [-0.2, -0.15) is 0 Å². The molecule has 206 valence electrons. The summed E-state index contributed by atoms with van der Waals surface area (Å²) >= 11 is 1.15. The molecule has 0 saturated heterocycles. The summed E-state index contributed by atoms with van der Waals surface area (Å²) in [5.41, 5.74) is 3.43. The maximum Gasteiger partial charge on any atom is 0.280 e. The number of hydrogen-bond donors (Lipinski definition) is 3. The highest BCUT2D eigenvalue weighted by Crippen LogP contribution is 2.33. The van der Waals surface area contributed by atoms with Crippen LogP contribution in [0.5, 0.6) is 11.6 Å². The standard InChI is InChI=1S/C30H32N6O3S/c1-19-18-21(34-26(37)25(20-10-7-6-8-11-20)36-29(38)40-30(2,3)4)13-14-24(19)39-27-22(12-9-16-32-27)23-15-17-33-28(31-5)35-23/h6-18,25H,1-5H3,(H,34,37)(H,36,38)(H,31,33,35). The molecule has 0 aliphatic rings. The van der Waals surface area contributed by atoms with Crippen LogP contribution in [0.2, 0.25) is 0 Å². The third-order valence-electron chi connectivity index (χ3n) is 5.63. The lowest BCUT2D eigenvalue weighted by Crippen LogP contribution is -2.36. The van der Waals surface area contributed by atoms with Gasteiger partial charge in [-0.05, 0) is 54.4 Å². The number of pyridine rings is 1. The predicted octanol–water partition coefficient (Wildman–Crippen LogP) is 6.60. The van der Waals surface area contributed by atoms with Crippen LogP contribution in [0, 0.1) is 6.92 Å². The number of nitrogens with one attached hydrogen (secondary N) is 3. The maximum absolute atomic E-state index is 13.4. The van der Waals surface area contributed by atoms with Crippen LogP contribution in [0.4, 0.5) is 16.4 Å². The molecule has 2 aromatic heterocycles. The summed E-state index contributed by atoms with van der Waals surface area (Å²) in [6, 6.07) is 19.1. The van der Waals surface area contributed by atoms with Gasteiger partial charge in [-0.15, -0.1) is 0 Å². The molecule has 1 atom stereocenters. The van der Waals surface area contributed by atoms with Crippen LogP contribution >= 0.6 is 11.8 Å². The van der Waals surface area contributed by atoms with Crippen molar-refractivity contribution in [1.82, 2.24) is 20.3 Å². The topological polar surface area (TPSA) is 118 Å². The normalized spacial score (nSPS) is 11.8. The smallest absolute Gasteiger partial charge is 0.280 e. The fourth-order valence-corrected chi connectivity index (χ4v) is 4.56. The zero-order valence-electron chi connectivity index (χ0n) is 23.1. The predicted molar refractivity (Wildman–Crippen MR) is 160 cm³/mol. The summed E-state index contributed by atoms with van der Waals surface area (Å²) in [7, 11) is 1.75. The Bertz CT molecular complexity index is 1490. The summed E-state index contributed by atoms with van der Waals surface area (Å²) < 4.78 is 5.89. The monoisotopic (exact) mass is 556 g/mol. The van der Waals surface area contributed by atoms with E-state index in [2.05, 4.69) is 30.9 Å². The second kappa shape index (κ2) is 12.6. The number of ether oxygens (including phenoxy) is 1. The van der Waals surface area contributed by atoms with Gasteiger partial charge in [0.15, 0.2) is 0 Å². The Morgan fingerprint density at radius 2 is 1.73 bits per heavy atom. The first-order valence-corrected chi connectivity index (χ1v) is 13.5. The molecule has 2 heterocycles. The lowest BCUT2D eigenvalue weighted by atomic mass is 10.1. The number of thioether (sulfide) groups is 1. The van der Waals surface area contributed by atoms with Gasteiger partial charge >= 0.3 is 0 Å². The molecule has 0 bridgehead atoms. The third kappa shape index (κ3) is 7.57. The molecular formula is C30H32N6O3S. The highest BCUT2D eigenvalue weighted by atomic mass is 32.2. The summed E-state index contributed by atoms with van der Waals surface area (Å²) in [6.45, 7) is 7.72. The van der Waals surface area contributed by atoms with Crippen molar-refractivity contribution in [3.05, 3.63) is 90.3 Å². The van der Waals surface area contributed by atoms with Crippen molar-refractivity contribution in [2.24, 2.45) is 0 Å². The van der Waals surface area contributed by atoms with E-state index in [1.54, 1.807) is 37.6 Å². The lowest BCUT2D eigenvalue weighted by Gasteiger charge is -2.22. The Morgan fingerprint density at radius 1 is 0.950 bits per heavy atom. The van der Waals surface area contributed by atoms with Crippen molar-refractivity contribution in [2.45, 2.75) is 38.5 Å². The molecule has 2 amide bonds. The number of amides is 2. The van der Waals surface area contributed by atoms with E-state index in [4.69, 9.17) is 4.74 Å². The molecule has 10 heteroatoms. The molecule has 4 rings (SSSR count). The SMILES string of the molecule is CNc1nccc(-c2cccnc2Oc2ccc(NC(=O)C(NC(=O)SC(C)(C)C)c3ccccc3)cc2C)n1. The van der Waals surface area contributed by atoms with E-state index in [1.165, 1.54) is 0 Å². The van der Waals surface area contributed by atoms with Crippen LogP contribution in [0.3, 0.4) is 0 Å². The van der Waals surface area contributed by atoms with Crippen LogP contribution < -0.4 is 20.7 Å². The highest BCUT2D eigenvalue weighted by Gasteiger charge is 2.26. The number of carbonyl (C=O) groups excluding carboxylic acids is 2. The van der Waals surface area contributed by atoms with Crippen LogP contribution in [-0.2, 0) is 4.79 Å². The van der Waals surface area contributed by atoms with Crippen molar-refractivity contribution < 1.29 is 14.3 Å². The van der Waals surface area contributed by atoms with Crippen LogP contribution in [-0.4, -0.2) is 37.9 Å². The first-order valence-electron chi connectivity index (χ1n) is 12.7. The summed E-state index contributed by atoms with van der Waals surface area (Å²) in [5.74, 6) is 1.12. The van der Waals surface area contributed by atoms with E-state index >= 15 is 0 Å². The number of rotatable bonds is 8. The second-order valence-electron chi connectivity index (χ2n) is 9.93. The van der Waals surface area contributed by atoms with Crippen molar-refractivity contribution in [3.63, 3.8) is 0 Å². The van der Waals surface area contributed by atoms with Gasteiger partial charge in [-0.1, -0.05) is 62.9 Å². The number of aromatic nitrogens is 3. The summed E-state index contributed by atoms with van der Waals surface area (Å²) in [5, 5.41) is 8.46. The van der Waals surface area contributed by atoms with Gasteiger partial charge in [0.1, 0.15) is 11.8 Å². The largest absolute Gasteiger partial charge is 0.438 e. The second-order valence-corrected chi connectivity index (χ2v) is 11.7. The summed E-state index contributed by atoms with van der Waals surface area (Å²) in [6.07, 6.45) is 3.32. The Balaban J connectivity index is 1.53. The van der Waals surface area contributed by atoms with Gasteiger partial charge < -0.3 is 20.7 Å². The first kappa shape index (κ1) is 28.6. The zero-order chi connectivity index (χ0) is 28.7. The van der Waals surface area contributed by atoms with Crippen LogP contribution in [0.25, 0.3) is 11.3 Å². The van der Waals surface area contributed by atoms with Crippen LogP contribution in [0.1, 0.15) is 37.9 Å². The van der Waals surface area contributed by atoms with E-state index in [-0.39, 0.29) is 15.9 Å². The number of benzene rings is 2. The quantitative estimate of drug-likeness (QED) is 0.222. The number of hydrogen-bond acceptors (Lipinski definition) is 8. The van der Waals surface area contributed by atoms with E-state index in [1.807, 2.05) is 76.2 Å². The van der Waals surface area contributed by atoms with Gasteiger partial charge in [0, 0.05) is 29.9 Å². The molecule has 0 aliphatic heterocycles. The molecule has 0 aliphatic carbocycles. The number of aryl methyl sites for hydroxylation is 1. The van der Waals surface area contributed by atoms with Gasteiger partial charge in [0.05, 0.1) is 11.3 Å². The molecule has 40 heavy (non-hydrogen) atoms. The zero-order valence-corrected chi connectivity index (χ0v) is 23.9. The number of nitrogens with zero attached hydrogens (tertiary/aromatic N) is 3. The average Bonchev–Trinajstić information content (AvgIpc) is 2.93. The van der Waals surface area contributed by atoms with Gasteiger partial charge in [-0.25, -0.2) is 15.0 Å². The molecule has 1 unspecified atom stereocenters. The van der Waals surface area contributed by atoms with E-state index in [0.717, 1.165) is 17.3 Å². The minimum Gasteiger partial charge on any atom is -0.438 e. The van der Waals surface area contributed by atoms with Crippen LogP contribution in [0.15, 0.2) is 79.1 Å². The highest BCUT2D eigenvalue weighted by molar-refractivity contribution is 8.14. The molecular weight excluding hydrogens is 524 g/mol. The molecule has 4 aromatic rings. The Morgan fingerprint density at radius 3 is 2.42 bits per heavy atom. The van der Waals surface area contributed by atoms with Gasteiger partial charge in [-0.3, -0.25) is 9.59 Å². The summed E-state index contributed by atoms with van der Waals surface area (Å²) in [4.78, 5) is 39.1. The Labute approximate surface area is 238 Å².